The number of nitrogens with zero attached hydrogens (tertiary/aromatic N) is 3. The minimum atomic E-state index is -0.224. The van der Waals surface area contributed by atoms with Gasteiger partial charge in [-0.3, -0.25) is 4.79 Å². The zero-order valence-electron chi connectivity index (χ0n) is 13.8. The number of aromatic nitrogens is 3. The van der Waals surface area contributed by atoms with Crippen LogP contribution in [0.4, 0.5) is 0 Å². The molecule has 4 aromatic rings. The Hall–Kier alpha value is -3.21. The van der Waals surface area contributed by atoms with Crippen molar-refractivity contribution in [3.05, 3.63) is 66.6 Å². The molecule has 0 bridgehead atoms. The molecule has 4 rings (SSSR count). The van der Waals surface area contributed by atoms with Crippen LogP contribution in [0.15, 0.2) is 61.1 Å². The fourth-order valence-electron chi connectivity index (χ4n) is 3.12. The predicted octanol–water partition coefficient (Wildman–Crippen LogP) is 3.68. The van der Waals surface area contributed by atoms with E-state index in [1.165, 1.54) is 0 Å². The first kappa shape index (κ1) is 15.3. The van der Waals surface area contributed by atoms with Crippen molar-refractivity contribution in [1.29, 1.82) is 0 Å². The van der Waals surface area contributed by atoms with Gasteiger partial charge in [0.05, 0.1) is 24.1 Å². The average Bonchev–Trinajstić information content (AvgIpc) is 3.00. The smallest absolute Gasteiger partial charge is 0.310 e. The first-order valence-corrected chi connectivity index (χ1v) is 8.22. The third-order valence-corrected chi connectivity index (χ3v) is 4.18. The van der Waals surface area contributed by atoms with Crippen molar-refractivity contribution in [2.24, 2.45) is 0 Å². The van der Waals surface area contributed by atoms with Gasteiger partial charge in [-0.1, -0.05) is 30.3 Å². The van der Waals surface area contributed by atoms with Crippen LogP contribution in [0.5, 0.6) is 0 Å². The maximum absolute atomic E-state index is 12.0. The Balaban J connectivity index is 1.91. The maximum Gasteiger partial charge on any atom is 0.310 e. The lowest BCUT2D eigenvalue weighted by atomic mass is 10.1. The highest BCUT2D eigenvalue weighted by Crippen LogP contribution is 2.27. The number of para-hydroxylation sites is 2. The van der Waals surface area contributed by atoms with Crippen LogP contribution in [0, 0.1) is 0 Å². The Labute approximate surface area is 144 Å². The van der Waals surface area contributed by atoms with Gasteiger partial charge in [0.25, 0.3) is 0 Å². The molecule has 2 aromatic heterocycles. The van der Waals surface area contributed by atoms with Crippen LogP contribution in [-0.2, 0) is 16.0 Å². The third kappa shape index (κ3) is 2.74. The molecule has 0 saturated heterocycles. The van der Waals surface area contributed by atoms with Gasteiger partial charge < -0.3 is 9.30 Å². The molecule has 0 fully saturated rings. The van der Waals surface area contributed by atoms with E-state index >= 15 is 0 Å². The minimum absolute atomic E-state index is 0.224. The zero-order valence-corrected chi connectivity index (χ0v) is 13.8. The second kappa shape index (κ2) is 6.36. The van der Waals surface area contributed by atoms with E-state index in [-0.39, 0.29) is 12.4 Å². The molecule has 2 heterocycles. The maximum atomic E-state index is 12.0. The number of benzene rings is 2. The number of carbonyl (C=O) groups excluding carboxylic acids is 1. The number of ether oxygens (including phenoxy) is 1. The highest BCUT2D eigenvalue weighted by atomic mass is 16.5. The molecule has 0 spiro atoms. The summed E-state index contributed by atoms with van der Waals surface area (Å²) < 4.78 is 7.13. The number of esters is 1. The van der Waals surface area contributed by atoms with Crippen molar-refractivity contribution in [3.63, 3.8) is 0 Å². The molecule has 2 aromatic carbocycles. The van der Waals surface area contributed by atoms with E-state index < -0.39 is 0 Å². The molecular weight excluding hydrogens is 314 g/mol. The van der Waals surface area contributed by atoms with Gasteiger partial charge in [-0.25, -0.2) is 9.97 Å². The molecular formula is C20H17N3O2. The molecule has 5 heteroatoms. The van der Waals surface area contributed by atoms with E-state index in [2.05, 4.69) is 9.97 Å². The summed E-state index contributed by atoms with van der Waals surface area (Å²) in [7, 11) is 0. The van der Waals surface area contributed by atoms with Crippen LogP contribution in [0.3, 0.4) is 0 Å². The quantitative estimate of drug-likeness (QED) is 0.535. The Bertz CT molecular complexity index is 1060. The van der Waals surface area contributed by atoms with E-state index in [4.69, 9.17) is 4.74 Å². The summed E-state index contributed by atoms with van der Waals surface area (Å²) in [6.07, 6.45) is 3.78. The summed E-state index contributed by atoms with van der Waals surface area (Å²) in [5.74, 6) is 0.579. The van der Waals surface area contributed by atoms with Gasteiger partial charge in [-0.2, -0.15) is 0 Å². The Morgan fingerprint density at radius 3 is 2.64 bits per heavy atom. The summed E-state index contributed by atoms with van der Waals surface area (Å²) in [5.41, 5.74) is 2.82. The molecule has 0 atom stereocenters. The Morgan fingerprint density at radius 1 is 1.04 bits per heavy atom. The third-order valence-electron chi connectivity index (χ3n) is 4.18. The standard InChI is InChI=1S/C20H17N3O2/c1-2-25-19(24)11-14-12-23(18-10-6-4-7-15(14)18)20-16-8-3-5-9-17(16)21-13-22-20/h3-10,12-13H,2,11H2,1H3. The molecule has 0 unspecified atom stereocenters. The normalized spacial score (nSPS) is 11.1. The van der Waals surface area contributed by atoms with Crippen LogP contribution in [0.2, 0.25) is 0 Å². The number of hydrogen-bond donors (Lipinski definition) is 0. The van der Waals surface area contributed by atoms with Gasteiger partial charge in [0, 0.05) is 17.0 Å². The van der Waals surface area contributed by atoms with Gasteiger partial charge in [0.2, 0.25) is 0 Å². The molecule has 25 heavy (non-hydrogen) atoms. The van der Waals surface area contributed by atoms with Crippen LogP contribution in [-0.4, -0.2) is 27.1 Å². The van der Waals surface area contributed by atoms with Crippen molar-refractivity contribution in [2.75, 3.05) is 6.61 Å². The van der Waals surface area contributed by atoms with Crippen LogP contribution < -0.4 is 0 Å². The summed E-state index contributed by atoms with van der Waals surface area (Å²) in [5, 5.41) is 1.99. The summed E-state index contributed by atoms with van der Waals surface area (Å²) >= 11 is 0. The van der Waals surface area contributed by atoms with Crippen molar-refractivity contribution in [1.82, 2.24) is 14.5 Å². The lowest BCUT2D eigenvalue weighted by Crippen LogP contribution is -2.07. The molecule has 0 aliphatic rings. The molecule has 0 amide bonds. The fraction of sp³-hybridized carbons (Fsp3) is 0.150. The highest BCUT2D eigenvalue weighted by molar-refractivity contribution is 5.92. The molecule has 0 saturated carbocycles. The van der Waals surface area contributed by atoms with Gasteiger partial charge in [0.1, 0.15) is 12.1 Å². The first-order valence-electron chi connectivity index (χ1n) is 8.22. The summed E-state index contributed by atoms with van der Waals surface area (Å²) in [6, 6.07) is 15.9. The number of rotatable bonds is 4. The van der Waals surface area contributed by atoms with E-state index in [1.807, 2.05) is 66.2 Å². The molecule has 0 aliphatic carbocycles. The number of fused-ring (bicyclic) bond motifs is 2. The van der Waals surface area contributed by atoms with Gasteiger partial charge in [-0.05, 0) is 30.7 Å². The van der Waals surface area contributed by atoms with Crippen molar-refractivity contribution >= 4 is 27.8 Å². The van der Waals surface area contributed by atoms with Gasteiger partial charge in [0.15, 0.2) is 0 Å². The predicted molar refractivity (Wildman–Crippen MR) is 96.7 cm³/mol. The SMILES string of the molecule is CCOC(=O)Cc1cn(-c2ncnc3ccccc23)c2ccccc12. The van der Waals surface area contributed by atoms with E-state index in [1.54, 1.807) is 6.33 Å². The van der Waals surface area contributed by atoms with Crippen molar-refractivity contribution in [3.8, 4) is 5.82 Å². The molecule has 0 aliphatic heterocycles. The van der Waals surface area contributed by atoms with Gasteiger partial charge >= 0.3 is 5.97 Å². The molecule has 124 valence electrons. The second-order valence-electron chi connectivity index (χ2n) is 5.74. The summed E-state index contributed by atoms with van der Waals surface area (Å²) in [6.45, 7) is 2.20. The van der Waals surface area contributed by atoms with E-state index in [9.17, 15) is 4.79 Å². The molecule has 5 nitrogen and oxygen atoms in total. The van der Waals surface area contributed by atoms with Crippen LogP contribution in [0.1, 0.15) is 12.5 Å². The second-order valence-corrected chi connectivity index (χ2v) is 5.74. The van der Waals surface area contributed by atoms with Crippen molar-refractivity contribution < 1.29 is 9.53 Å². The van der Waals surface area contributed by atoms with E-state index in [0.29, 0.717) is 6.61 Å². The highest BCUT2D eigenvalue weighted by Gasteiger charge is 2.15. The van der Waals surface area contributed by atoms with Crippen LogP contribution in [0.25, 0.3) is 27.6 Å². The lowest BCUT2D eigenvalue weighted by molar-refractivity contribution is -0.142. The van der Waals surface area contributed by atoms with E-state index in [0.717, 1.165) is 33.2 Å². The average molecular weight is 331 g/mol. The molecule has 0 N–H and O–H groups in total. The Kier molecular flexibility index (Phi) is 3.90. The van der Waals surface area contributed by atoms with Gasteiger partial charge in [-0.15, -0.1) is 0 Å². The largest absolute Gasteiger partial charge is 0.466 e. The topological polar surface area (TPSA) is 57.0 Å². The van der Waals surface area contributed by atoms with Crippen LogP contribution >= 0.6 is 0 Å². The fourth-order valence-corrected chi connectivity index (χ4v) is 3.12. The molecule has 0 radical (unpaired) electrons. The Morgan fingerprint density at radius 2 is 1.80 bits per heavy atom. The lowest BCUT2D eigenvalue weighted by Gasteiger charge is -2.07. The minimum Gasteiger partial charge on any atom is -0.466 e. The van der Waals surface area contributed by atoms with Crippen molar-refractivity contribution in [2.45, 2.75) is 13.3 Å². The monoisotopic (exact) mass is 331 g/mol. The number of hydrogen-bond acceptors (Lipinski definition) is 4. The zero-order chi connectivity index (χ0) is 17.2. The first-order chi connectivity index (χ1) is 12.3. The number of carbonyl (C=O) groups is 1. The summed E-state index contributed by atoms with van der Waals surface area (Å²) in [4.78, 5) is 20.8.